The largest absolute Gasteiger partial charge is 0.305 e. The molecule has 0 saturated heterocycles. The SMILES string of the molecule is CC(=O)N(CC(=O)Cn1cnc2cc(Cl)c(Cl)cc2c1=O)c1ccc(Cl)cc1. The van der Waals surface area contributed by atoms with Crippen LogP contribution in [0.5, 0.6) is 0 Å². The van der Waals surface area contributed by atoms with E-state index < -0.39 is 5.56 Å². The van der Waals surface area contributed by atoms with Gasteiger partial charge < -0.3 is 4.90 Å². The predicted octanol–water partition coefficient (Wildman–Crippen LogP) is 3.98. The first-order valence-corrected chi connectivity index (χ1v) is 9.29. The maximum absolute atomic E-state index is 12.6. The molecular weight excluding hydrogens is 425 g/mol. The minimum atomic E-state index is -0.419. The second-order valence-electron chi connectivity index (χ2n) is 6.08. The van der Waals surface area contributed by atoms with Crippen LogP contribution in [-0.4, -0.2) is 27.8 Å². The summed E-state index contributed by atoms with van der Waals surface area (Å²) in [5, 5.41) is 1.29. The average Bonchev–Trinajstić information content (AvgIpc) is 2.64. The van der Waals surface area contributed by atoms with Crippen molar-refractivity contribution in [1.29, 1.82) is 0 Å². The third-order valence-electron chi connectivity index (χ3n) is 4.07. The monoisotopic (exact) mass is 437 g/mol. The van der Waals surface area contributed by atoms with E-state index in [9.17, 15) is 14.4 Å². The zero-order valence-corrected chi connectivity index (χ0v) is 16.9. The van der Waals surface area contributed by atoms with Crippen LogP contribution in [0.15, 0.2) is 47.5 Å². The minimum absolute atomic E-state index is 0.192. The maximum atomic E-state index is 12.6. The van der Waals surface area contributed by atoms with Gasteiger partial charge in [0.2, 0.25) is 5.91 Å². The summed E-state index contributed by atoms with van der Waals surface area (Å²) >= 11 is 17.8. The molecular formula is C19H14Cl3N3O3. The van der Waals surface area contributed by atoms with Crippen molar-refractivity contribution < 1.29 is 9.59 Å². The lowest BCUT2D eigenvalue weighted by molar-refractivity contribution is -0.122. The van der Waals surface area contributed by atoms with Crippen LogP contribution in [0.2, 0.25) is 15.1 Å². The predicted molar refractivity (Wildman–Crippen MR) is 111 cm³/mol. The van der Waals surface area contributed by atoms with Gasteiger partial charge in [-0.2, -0.15) is 0 Å². The van der Waals surface area contributed by atoms with Gasteiger partial charge in [0.15, 0.2) is 5.78 Å². The summed E-state index contributed by atoms with van der Waals surface area (Å²) < 4.78 is 1.18. The van der Waals surface area contributed by atoms with Crippen molar-refractivity contribution in [1.82, 2.24) is 9.55 Å². The summed E-state index contributed by atoms with van der Waals surface area (Å²) in [7, 11) is 0. The molecule has 0 bridgehead atoms. The van der Waals surface area contributed by atoms with Crippen LogP contribution in [0.1, 0.15) is 6.92 Å². The lowest BCUT2D eigenvalue weighted by Crippen LogP contribution is -2.36. The summed E-state index contributed by atoms with van der Waals surface area (Å²) in [6.07, 6.45) is 1.27. The molecule has 0 aliphatic heterocycles. The van der Waals surface area contributed by atoms with Crippen molar-refractivity contribution in [2.45, 2.75) is 13.5 Å². The first-order chi connectivity index (χ1) is 13.3. The molecule has 0 saturated carbocycles. The van der Waals surface area contributed by atoms with E-state index in [1.807, 2.05) is 0 Å². The first kappa shape index (κ1) is 20.3. The van der Waals surface area contributed by atoms with Crippen molar-refractivity contribution in [2.24, 2.45) is 0 Å². The highest BCUT2D eigenvalue weighted by Crippen LogP contribution is 2.25. The Bertz CT molecular complexity index is 1130. The van der Waals surface area contributed by atoms with E-state index in [1.54, 1.807) is 24.3 Å². The zero-order valence-electron chi connectivity index (χ0n) is 14.7. The molecule has 0 radical (unpaired) electrons. The van der Waals surface area contributed by atoms with Crippen LogP contribution in [0.4, 0.5) is 5.69 Å². The standard InChI is InChI=1S/C19H14Cl3N3O3/c1-11(26)25(13-4-2-12(20)3-5-13)9-14(27)8-24-10-23-18-7-17(22)16(21)6-15(18)19(24)28/h2-7,10H,8-9H2,1H3. The molecule has 0 unspecified atom stereocenters. The zero-order chi connectivity index (χ0) is 20.4. The third kappa shape index (κ3) is 4.35. The Kier molecular flexibility index (Phi) is 6.03. The molecule has 1 aromatic heterocycles. The maximum Gasteiger partial charge on any atom is 0.261 e. The molecule has 0 spiro atoms. The van der Waals surface area contributed by atoms with E-state index in [-0.39, 0.29) is 40.2 Å². The fraction of sp³-hybridized carbons (Fsp3) is 0.158. The number of aromatic nitrogens is 2. The van der Waals surface area contributed by atoms with Crippen molar-refractivity contribution in [3.8, 4) is 0 Å². The van der Waals surface area contributed by atoms with Crippen LogP contribution in [-0.2, 0) is 16.1 Å². The number of halogens is 3. The first-order valence-electron chi connectivity index (χ1n) is 8.16. The molecule has 0 aliphatic carbocycles. The second-order valence-corrected chi connectivity index (χ2v) is 7.33. The molecule has 0 N–H and O–H groups in total. The normalized spacial score (nSPS) is 10.9. The van der Waals surface area contributed by atoms with Gasteiger partial charge in [0.05, 0.1) is 40.4 Å². The molecule has 28 heavy (non-hydrogen) atoms. The Morgan fingerprint density at radius 3 is 2.36 bits per heavy atom. The van der Waals surface area contributed by atoms with Crippen molar-refractivity contribution in [3.63, 3.8) is 0 Å². The number of carbonyl (C=O) groups excluding carboxylic acids is 2. The number of amides is 1. The van der Waals surface area contributed by atoms with Crippen molar-refractivity contribution in [3.05, 3.63) is 68.1 Å². The average molecular weight is 439 g/mol. The van der Waals surface area contributed by atoms with Crippen LogP contribution < -0.4 is 10.5 Å². The van der Waals surface area contributed by atoms with Gasteiger partial charge in [-0.05, 0) is 36.4 Å². The van der Waals surface area contributed by atoms with Gasteiger partial charge in [-0.1, -0.05) is 34.8 Å². The Morgan fingerprint density at radius 1 is 1.07 bits per heavy atom. The van der Waals surface area contributed by atoms with Gasteiger partial charge in [0.25, 0.3) is 5.56 Å². The topological polar surface area (TPSA) is 72.3 Å². The van der Waals surface area contributed by atoms with Crippen LogP contribution in [0.3, 0.4) is 0 Å². The molecule has 144 valence electrons. The number of hydrogen-bond donors (Lipinski definition) is 0. The fourth-order valence-corrected chi connectivity index (χ4v) is 3.14. The number of carbonyl (C=O) groups is 2. The number of hydrogen-bond acceptors (Lipinski definition) is 4. The number of fused-ring (bicyclic) bond motifs is 1. The molecule has 0 aliphatic rings. The minimum Gasteiger partial charge on any atom is -0.305 e. The molecule has 2 aromatic carbocycles. The lowest BCUT2D eigenvalue weighted by Gasteiger charge is -2.20. The van der Waals surface area contributed by atoms with Crippen LogP contribution in [0, 0.1) is 0 Å². The smallest absolute Gasteiger partial charge is 0.261 e. The van der Waals surface area contributed by atoms with Gasteiger partial charge >= 0.3 is 0 Å². The van der Waals surface area contributed by atoms with E-state index in [4.69, 9.17) is 34.8 Å². The highest BCUT2D eigenvalue weighted by Gasteiger charge is 2.17. The van der Waals surface area contributed by atoms with E-state index >= 15 is 0 Å². The number of nitrogens with zero attached hydrogens (tertiary/aromatic N) is 3. The molecule has 0 atom stereocenters. The third-order valence-corrected chi connectivity index (χ3v) is 5.04. The number of ketones is 1. The van der Waals surface area contributed by atoms with E-state index in [1.165, 1.54) is 34.9 Å². The van der Waals surface area contributed by atoms with Gasteiger partial charge in [0, 0.05) is 17.6 Å². The molecule has 1 heterocycles. The molecule has 9 heteroatoms. The Balaban J connectivity index is 1.84. The van der Waals surface area contributed by atoms with Crippen LogP contribution in [0.25, 0.3) is 10.9 Å². The van der Waals surface area contributed by atoms with Crippen molar-refractivity contribution >= 4 is 63.1 Å². The molecule has 1 amide bonds. The summed E-state index contributed by atoms with van der Waals surface area (Å²) in [6, 6.07) is 9.46. The Hall–Kier alpha value is -2.41. The van der Waals surface area contributed by atoms with Gasteiger partial charge in [-0.25, -0.2) is 4.98 Å². The highest BCUT2D eigenvalue weighted by molar-refractivity contribution is 6.42. The number of benzene rings is 2. The summed E-state index contributed by atoms with van der Waals surface area (Å²) in [5.41, 5.74) is 0.503. The molecule has 3 rings (SSSR count). The molecule has 0 fully saturated rings. The molecule has 6 nitrogen and oxygen atoms in total. The van der Waals surface area contributed by atoms with E-state index in [0.29, 0.717) is 16.2 Å². The Morgan fingerprint density at radius 2 is 1.71 bits per heavy atom. The van der Waals surface area contributed by atoms with Gasteiger partial charge in [-0.3, -0.25) is 19.0 Å². The number of Topliss-reactive ketones (excluding diaryl/α,β-unsaturated/α-hetero) is 1. The summed E-state index contributed by atoms with van der Waals surface area (Å²) in [4.78, 5) is 42.6. The van der Waals surface area contributed by atoms with E-state index in [2.05, 4.69) is 4.98 Å². The second kappa shape index (κ2) is 8.31. The number of anilines is 1. The summed E-state index contributed by atoms with van der Waals surface area (Å²) in [6.45, 7) is 0.930. The summed E-state index contributed by atoms with van der Waals surface area (Å²) in [5.74, 6) is -0.644. The van der Waals surface area contributed by atoms with Crippen LogP contribution >= 0.6 is 34.8 Å². The Labute approximate surface area is 175 Å². The molecule has 3 aromatic rings. The van der Waals surface area contributed by atoms with E-state index in [0.717, 1.165) is 0 Å². The van der Waals surface area contributed by atoms with Crippen molar-refractivity contribution in [2.75, 3.05) is 11.4 Å². The fourth-order valence-electron chi connectivity index (χ4n) is 2.69. The lowest BCUT2D eigenvalue weighted by atomic mass is 10.2. The van der Waals surface area contributed by atoms with Gasteiger partial charge in [-0.15, -0.1) is 0 Å². The quantitative estimate of drug-likeness (QED) is 0.604. The highest BCUT2D eigenvalue weighted by atomic mass is 35.5. The number of rotatable bonds is 5. The van der Waals surface area contributed by atoms with Gasteiger partial charge in [0.1, 0.15) is 0 Å².